The average molecular weight is 238 g/mol. The lowest BCUT2D eigenvalue weighted by Crippen LogP contribution is -2.40. The van der Waals surface area contributed by atoms with Crippen LogP contribution in [0.3, 0.4) is 0 Å². The fourth-order valence-electron chi connectivity index (χ4n) is 2.15. The summed E-state index contributed by atoms with van der Waals surface area (Å²) in [5, 5.41) is 3.26. The SMILES string of the molecule is CCNCC1CCCN(CCC(F)(F)F)C1. The van der Waals surface area contributed by atoms with E-state index in [2.05, 4.69) is 5.32 Å². The van der Waals surface area contributed by atoms with Crippen molar-refractivity contribution in [2.75, 3.05) is 32.7 Å². The molecule has 1 N–H and O–H groups in total. The second kappa shape index (κ2) is 6.45. The van der Waals surface area contributed by atoms with Crippen molar-refractivity contribution in [2.45, 2.75) is 32.4 Å². The number of nitrogens with zero attached hydrogens (tertiary/aromatic N) is 1. The van der Waals surface area contributed by atoms with E-state index in [9.17, 15) is 13.2 Å². The minimum atomic E-state index is -4.02. The lowest BCUT2D eigenvalue weighted by molar-refractivity contribution is -0.138. The van der Waals surface area contributed by atoms with E-state index in [4.69, 9.17) is 0 Å². The molecule has 96 valence electrons. The maximum absolute atomic E-state index is 12.1. The Morgan fingerprint density at radius 2 is 2.12 bits per heavy atom. The van der Waals surface area contributed by atoms with Gasteiger partial charge in [-0.15, -0.1) is 0 Å². The van der Waals surface area contributed by atoms with Gasteiger partial charge in [-0.25, -0.2) is 0 Å². The van der Waals surface area contributed by atoms with E-state index in [1.807, 2.05) is 11.8 Å². The van der Waals surface area contributed by atoms with Gasteiger partial charge in [0.15, 0.2) is 0 Å². The smallest absolute Gasteiger partial charge is 0.317 e. The second-order valence-electron chi connectivity index (χ2n) is 4.48. The number of hydrogen-bond donors (Lipinski definition) is 1. The zero-order valence-electron chi connectivity index (χ0n) is 9.82. The van der Waals surface area contributed by atoms with Crippen molar-refractivity contribution in [3.8, 4) is 0 Å². The van der Waals surface area contributed by atoms with E-state index < -0.39 is 12.6 Å². The largest absolute Gasteiger partial charge is 0.390 e. The molecule has 1 saturated heterocycles. The topological polar surface area (TPSA) is 15.3 Å². The van der Waals surface area contributed by atoms with E-state index in [0.717, 1.165) is 39.0 Å². The lowest BCUT2D eigenvalue weighted by atomic mass is 9.98. The summed E-state index contributed by atoms with van der Waals surface area (Å²) < 4.78 is 36.2. The van der Waals surface area contributed by atoms with Gasteiger partial charge in [-0.3, -0.25) is 0 Å². The molecule has 1 aliphatic heterocycles. The molecule has 0 aromatic carbocycles. The Labute approximate surface area is 95.2 Å². The van der Waals surface area contributed by atoms with Crippen LogP contribution in [0, 0.1) is 5.92 Å². The highest BCUT2D eigenvalue weighted by Gasteiger charge is 2.29. The highest BCUT2D eigenvalue weighted by atomic mass is 19.4. The first-order valence-corrected chi connectivity index (χ1v) is 6.01. The first-order chi connectivity index (χ1) is 7.51. The Morgan fingerprint density at radius 3 is 2.75 bits per heavy atom. The standard InChI is InChI=1S/C11H21F3N2/c1-2-15-8-10-4-3-6-16(9-10)7-5-11(12,13)14/h10,15H,2-9H2,1H3. The summed E-state index contributed by atoms with van der Waals surface area (Å²) in [6.07, 6.45) is -2.54. The molecule has 5 heteroatoms. The molecule has 1 rings (SSSR count). The van der Waals surface area contributed by atoms with Crippen molar-refractivity contribution >= 4 is 0 Å². The minimum absolute atomic E-state index is 0.159. The van der Waals surface area contributed by atoms with Crippen LogP contribution < -0.4 is 5.32 Å². The summed E-state index contributed by atoms with van der Waals surface area (Å²) in [5.41, 5.74) is 0. The molecule has 1 atom stereocenters. The van der Waals surface area contributed by atoms with E-state index in [-0.39, 0.29) is 6.54 Å². The molecule has 1 heterocycles. The van der Waals surface area contributed by atoms with Crippen molar-refractivity contribution in [3.05, 3.63) is 0 Å². The van der Waals surface area contributed by atoms with Gasteiger partial charge in [0.2, 0.25) is 0 Å². The Kier molecular flexibility index (Phi) is 5.55. The van der Waals surface area contributed by atoms with Gasteiger partial charge < -0.3 is 10.2 Å². The molecule has 0 spiro atoms. The van der Waals surface area contributed by atoms with Crippen LogP contribution in [0.2, 0.25) is 0 Å². The van der Waals surface area contributed by atoms with E-state index in [0.29, 0.717) is 5.92 Å². The number of nitrogens with one attached hydrogen (secondary N) is 1. The maximum Gasteiger partial charge on any atom is 0.390 e. The summed E-state index contributed by atoms with van der Waals surface area (Å²) >= 11 is 0. The van der Waals surface area contributed by atoms with E-state index in [1.165, 1.54) is 0 Å². The summed E-state index contributed by atoms with van der Waals surface area (Å²) in [4.78, 5) is 1.94. The minimum Gasteiger partial charge on any atom is -0.317 e. The molecule has 1 fully saturated rings. The number of hydrogen-bond acceptors (Lipinski definition) is 2. The zero-order chi connectivity index (χ0) is 12.0. The van der Waals surface area contributed by atoms with Crippen molar-refractivity contribution < 1.29 is 13.2 Å². The molecule has 0 amide bonds. The lowest BCUT2D eigenvalue weighted by Gasteiger charge is -2.33. The quantitative estimate of drug-likeness (QED) is 0.790. The Morgan fingerprint density at radius 1 is 1.38 bits per heavy atom. The predicted octanol–water partition coefficient (Wildman–Crippen LogP) is 2.26. The van der Waals surface area contributed by atoms with Gasteiger partial charge in [0.05, 0.1) is 6.42 Å². The van der Waals surface area contributed by atoms with Gasteiger partial charge in [-0.2, -0.15) is 13.2 Å². The molecule has 16 heavy (non-hydrogen) atoms. The molecular formula is C11H21F3N2. The fourth-order valence-corrected chi connectivity index (χ4v) is 2.15. The molecule has 0 aliphatic carbocycles. The molecule has 0 aromatic heterocycles. The number of piperidine rings is 1. The van der Waals surface area contributed by atoms with Gasteiger partial charge in [0.1, 0.15) is 0 Å². The Hall–Kier alpha value is -0.290. The van der Waals surface area contributed by atoms with Crippen LogP contribution in [-0.4, -0.2) is 43.8 Å². The van der Waals surface area contributed by atoms with Crippen LogP contribution in [0.5, 0.6) is 0 Å². The van der Waals surface area contributed by atoms with Crippen molar-refractivity contribution in [1.29, 1.82) is 0 Å². The van der Waals surface area contributed by atoms with Crippen LogP contribution in [0.4, 0.5) is 13.2 Å². The van der Waals surface area contributed by atoms with E-state index >= 15 is 0 Å². The van der Waals surface area contributed by atoms with Crippen LogP contribution in [0.25, 0.3) is 0 Å². The number of likely N-dealkylation sites (tertiary alicyclic amines) is 1. The third kappa shape index (κ3) is 5.70. The Bertz CT molecular complexity index is 194. The van der Waals surface area contributed by atoms with Gasteiger partial charge in [-0.1, -0.05) is 6.92 Å². The molecule has 1 aliphatic rings. The predicted molar refractivity (Wildman–Crippen MR) is 58.4 cm³/mol. The summed E-state index contributed by atoms with van der Waals surface area (Å²) in [5.74, 6) is 0.516. The van der Waals surface area contributed by atoms with Gasteiger partial charge in [0, 0.05) is 13.1 Å². The molecule has 0 aromatic rings. The van der Waals surface area contributed by atoms with Crippen LogP contribution in [-0.2, 0) is 0 Å². The molecule has 0 radical (unpaired) electrons. The molecule has 0 saturated carbocycles. The number of halogens is 3. The maximum atomic E-state index is 12.1. The molecule has 2 nitrogen and oxygen atoms in total. The van der Waals surface area contributed by atoms with Crippen molar-refractivity contribution in [3.63, 3.8) is 0 Å². The van der Waals surface area contributed by atoms with Gasteiger partial charge in [-0.05, 0) is 38.4 Å². The van der Waals surface area contributed by atoms with Crippen LogP contribution in [0.1, 0.15) is 26.2 Å². The highest BCUT2D eigenvalue weighted by Crippen LogP contribution is 2.22. The normalized spacial score (nSPS) is 23.6. The van der Waals surface area contributed by atoms with Crippen LogP contribution >= 0.6 is 0 Å². The fraction of sp³-hybridized carbons (Fsp3) is 1.00. The third-order valence-corrected chi connectivity index (χ3v) is 3.00. The van der Waals surface area contributed by atoms with Crippen LogP contribution in [0.15, 0.2) is 0 Å². The number of alkyl halides is 3. The first-order valence-electron chi connectivity index (χ1n) is 6.01. The molecule has 0 bridgehead atoms. The molecular weight excluding hydrogens is 217 g/mol. The molecule has 1 unspecified atom stereocenters. The average Bonchev–Trinajstić information content (AvgIpc) is 2.23. The first kappa shape index (κ1) is 13.8. The van der Waals surface area contributed by atoms with Gasteiger partial charge in [0.25, 0.3) is 0 Å². The Balaban J connectivity index is 2.22. The third-order valence-electron chi connectivity index (χ3n) is 3.00. The summed E-state index contributed by atoms with van der Waals surface area (Å²) in [6.45, 7) is 5.69. The van der Waals surface area contributed by atoms with Crippen molar-refractivity contribution in [2.24, 2.45) is 5.92 Å². The van der Waals surface area contributed by atoms with E-state index in [1.54, 1.807) is 0 Å². The summed E-state index contributed by atoms with van der Waals surface area (Å²) in [7, 11) is 0. The highest BCUT2D eigenvalue weighted by molar-refractivity contribution is 4.75. The second-order valence-corrected chi connectivity index (χ2v) is 4.48. The number of rotatable bonds is 5. The summed E-state index contributed by atoms with van der Waals surface area (Å²) in [6, 6.07) is 0. The monoisotopic (exact) mass is 238 g/mol. The van der Waals surface area contributed by atoms with Gasteiger partial charge >= 0.3 is 6.18 Å². The van der Waals surface area contributed by atoms with Crippen molar-refractivity contribution in [1.82, 2.24) is 10.2 Å². The zero-order valence-corrected chi connectivity index (χ0v) is 9.82.